The van der Waals surface area contributed by atoms with Crippen molar-refractivity contribution in [1.29, 1.82) is 0 Å². The van der Waals surface area contributed by atoms with E-state index in [9.17, 15) is 5.11 Å². The Balaban J connectivity index is 2.76. The van der Waals surface area contributed by atoms with E-state index < -0.39 is 5.60 Å². The molecule has 90 valence electrons. The molecule has 0 saturated carbocycles. The predicted molar refractivity (Wildman–Crippen MR) is 67.1 cm³/mol. The third-order valence-electron chi connectivity index (χ3n) is 2.45. The van der Waals surface area contributed by atoms with Crippen LogP contribution in [-0.4, -0.2) is 17.3 Å². The number of aliphatic hydroxyl groups is 1. The molecule has 0 radical (unpaired) electrons. The predicted octanol–water partition coefficient (Wildman–Crippen LogP) is 3.27. The van der Waals surface area contributed by atoms with E-state index in [1.807, 2.05) is 13.0 Å². The first-order valence-electron chi connectivity index (χ1n) is 5.75. The van der Waals surface area contributed by atoms with Gasteiger partial charge in [0.05, 0.1) is 5.60 Å². The summed E-state index contributed by atoms with van der Waals surface area (Å²) in [4.78, 5) is 0. The molecule has 1 aromatic carbocycles. The summed E-state index contributed by atoms with van der Waals surface area (Å²) in [7, 11) is 0. The maximum absolute atomic E-state index is 9.59. The number of rotatable bonds is 4. The lowest BCUT2D eigenvalue weighted by Crippen LogP contribution is -2.28. The van der Waals surface area contributed by atoms with E-state index >= 15 is 0 Å². The topological polar surface area (TPSA) is 29.5 Å². The Morgan fingerprint density at radius 3 is 2.38 bits per heavy atom. The van der Waals surface area contributed by atoms with Crippen molar-refractivity contribution >= 4 is 0 Å². The van der Waals surface area contributed by atoms with Crippen molar-refractivity contribution in [3.63, 3.8) is 0 Å². The van der Waals surface area contributed by atoms with Crippen molar-refractivity contribution in [2.24, 2.45) is 0 Å². The smallest absolute Gasteiger partial charge is 0.122 e. The van der Waals surface area contributed by atoms with Crippen LogP contribution in [0.3, 0.4) is 0 Å². The van der Waals surface area contributed by atoms with E-state index in [0.29, 0.717) is 12.5 Å². The summed E-state index contributed by atoms with van der Waals surface area (Å²) >= 11 is 0. The van der Waals surface area contributed by atoms with Gasteiger partial charge in [0.2, 0.25) is 0 Å². The highest BCUT2D eigenvalue weighted by molar-refractivity contribution is 5.37. The van der Waals surface area contributed by atoms with Gasteiger partial charge in [-0.25, -0.2) is 0 Å². The summed E-state index contributed by atoms with van der Waals surface area (Å²) in [6, 6.07) is 6.21. The first kappa shape index (κ1) is 13.0. The Hall–Kier alpha value is -1.02. The highest BCUT2D eigenvalue weighted by Crippen LogP contribution is 2.24. The molecule has 0 unspecified atom stereocenters. The second kappa shape index (κ2) is 4.88. The summed E-state index contributed by atoms with van der Waals surface area (Å²) in [6.07, 6.45) is 0. The molecule has 0 heterocycles. The summed E-state index contributed by atoms with van der Waals surface area (Å²) in [5.74, 6) is 1.38. The normalized spacial score (nSPS) is 11.9. The number of hydrogen-bond acceptors (Lipinski definition) is 2. The fourth-order valence-corrected chi connectivity index (χ4v) is 1.45. The summed E-state index contributed by atoms with van der Waals surface area (Å²) in [5.41, 5.74) is 1.65. The molecular formula is C14H22O2. The van der Waals surface area contributed by atoms with Crippen LogP contribution in [0.25, 0.3) is 0 Å². The second-order valence-corrected chi connectivity index (χ2v) is 5.28. The number of hydrogen-bond donors (Lipinski definition) is 1. The molecule has 0 spiro atoms. The Kier molecular flexibility index (Phi) is 3.98. The monoisotopic (exact) mass is 222 g/mol. The van der Waals surface area contributed by atoms with Crippen LogP contribution in [-0.2, 0) is 0 Å². The molecule has 1 aromatic rings. The quantitative estimate of drug-likeness (QED) is 0.847. The van der Waals surface area contributed by atoms with Gasteiger partial charge in [0.25, 0.3) is 0 Å². The van der Waals surface area contributed by atoms with E-state index in [2.05, 4.69) is 26.0 Å². The van der Waals surface area contributed by atoms with E-state index in [-0.39, 0.29) is 0 Å². The van der Waals surface area contributed by atoms with Gasteiger partial charge in [-0.3, -0.25) is 0 Å². The van der Waals surface area contributed by atoms with Gasteiger partial charge in [-0.05, 0) is 43.9 Å². The molecule has 16 heavy (non-hydrogen) atoms. The minimum absolute atomic E-state index is 0.314. The van der Waals surface area contributed by atoms with Crippen LogP contribution in [0.5, 0.6) is 5.75 Å². The second-order valence-electron chi connectivity index (χ2n) is 5.28. The van der Waals surface area contributed by atoms with Crippen LogP contribution in [0.2, 0.25) is 0 Å². The first-order chi connectivity index (χ1) is 7.29. The molecule has 0 amide bonds. The molecule has 1 rings (SSSR count). The van der Waals surface area contributed by atoms with E-state index in [1.54, 1.807) is 13.8 Å². The van der Waals surface area contributed by atoms with Crippen LogP contribution in [0, 0.1) is 6.92 Å². The lowest BCUT2D eigenvalue weighted by molar-refractivity contribution is 0.0282. The SMILES string of the molecule is Cc1cc(C(C)C)ccc1OCC(C)(C)O. The molecule has 0 bridgehead atoms. The van der Waals surface area contributed by atoms with Gasteiger partial charge < -0.3 is 9.84 Å². The van der Waals surface area contributed by atoms with Gasteiger partial charge in [0.1, 0.15) is 12.4 Å². The molecule has 0 fully saturated rings. The average Bonchev–Trinajstić information content (AvgIpc) is 2.14. The third-order valence-corrected chi connectivity index (χ3v) is 2.45. The third kappa shape index (κ3) is 3.86. The minimum atomic E-state index is -0.789. The van der Waals surface area contributed by atoms with Crippen molar-refractivity contribution in [1.82, 2.24) is 0 Å². The molecule has 0 aliphatic carbocycles. The van der Waals surface area contributed by atoms with Crippen LogP contribution >= 0.6 is 0 Å². The van der Waals surface area contributed by atoms with E-state index in [1.165, 1.54) is 5.56 Å². The highest BCUT2D eigenvalue weighted by Gasteiger charge is 2.14. The summed E-state index contributed by atoms with van der Waals surface area (Å²) < 4.78 is 5.59. The fourth-order valence-electron chi connectivity index (χ4n) is 1.45. The standard InChI is InChI=1S/C14H22O2/c1-10(2)12-6-7-13(11(3)8-12)16-9-14(4,5)15/h6-8,10,15H,9H2,1-5H3. The van der Waals surface area contributed by atoms with E-state index in [0.717, 1.165) is 11.3 Å². The van der Waals surface area contributed by atoms with Crippen LogP contribution in [0.1, 0.15) is 44.7 Å². The highest BCUT2D eigenvalue weighted by atomic mass is 16.5. The Bertz CT molecular complexity index is 348. The fraction of sp³-hybridized carbons (Fsp3) is 0.571. The van der Waals surface area contributed by atoms with Crippen LogP contribution in [0.4, 0.5) is 0 Å². The van der Waals surface area contributed by atoms with Gasteiger partial charge in [0.15, 0.2) is 0 Å². The van der Waals surface area contributed by atoms with Gasteiger partial charge >= 0.3 is 0 Å². The summed E-state index contributed by atoms with van der Waals surface area (Å²) in [6.45, 7) is 10.2. The molecule has 2 heteroatoms. The lowest BCUT2D eigenvalue weighted by Gasteiger charge is -2.19. The molecule has 1 N–H and O–H groups in total. The maximum Gasteiger partial charge on any atom is 0.122 e. The zero-order chi connectivity index (χ0) is 12.3. The molecular weight excluding hydrogens is 200 g/mol. The van der Waals surface area contributed by atoms with Crippen molar-refractivity contribution in [2.75, 3.05) is 6.61 Å². The number of benzene rings is 1. The van der Waals surface area contributed by atoms with Crippen molar-refractivity contribution in [2.45, 2.75) is 46.1 Å². The molecule has 2 nitrogen and oxygen atoms in total. The first-order valence-corrected chi connectivity index (χ1v) is 5.75. The molecule has 0 aliphatic rings. The lowest BCUT2D eigenvalue weighted by atomic mass is 10.0. The van der Waals surface area contributed by atoms with Crippen LogP contribution in [0.15, 0.2) is 18.2 Å². The Morgan fingerprint density at radius 2 is 1.94 bits per heavy atom. The van der Waals surface area contributed by atoms with Gasteiger partial charge in [0, 0.05) is 0 Å². The maximum atomic E-state index is 9.59. The Labute approximate surface area is 98.3 Å². The zero-order valence-corrected chi connectivity index (χ0v) is 10.9. The molecule has 0 atom stereocenters. The van der Waals surface area contributed by atoms with E-state index in [4.69, 9.17) is 4.74 Å². The van der Waals surface area contributed by atoms with Crippen molar-refractivity contribution in [3.05, 3.63) is 29.3 Å². The molecule has 0 aliphatic heterocycles. The van der Waals surface area contributed by atoms with Gasteiger partial charge in [-0.15, -0.1) is 0 Å². The number of ether oxygens (including phenoxy) is 1. The number of aryl methyl sites for hydroxylation is 1. The minimum Gasteiger partial charge on any atom is -0.490 e. The molecule has 0 saturated heterocycles. The van der Waals surface area contributed by atoms with Gasteiger partial charge in [-0.1, -0.05) is 26.0 Å². The largest absolute Gasteiger partial charge is 0.490 e. The average molecular weight is 222 g/mol. The van der Waals surface area contributed by atoms with Crippen molar-refractivity contribution < 1.29 is 9.84 Å². The zero-order valence-electron chi connectivity index (χ0n) is 10.9. The van der Waals surface area contributed by atoms with Gasteiger partial charge in [-0.2, -0.15) is 0 Å². The molecule has 0 aromatic heterocycles. The Morgan fingerprint density at radius 1 is 1.31 bits per heavy atom. The van der Waals surface area contributed by atoms with Crippen molar-refractivity contribution in [3.8, 4) is 5.75 Å². The van der Waals surface area contributed by atoms with Crippen LogP contribution < -0.4 is 4.74 Å². The summed E-state index contributed by atoms with van der Waals surface area (Å²) in [5, 5.41) is 9.59.